The Morgan fingerprint density at radius 1 is 1.15 bits per heavy atom. The maximum Gasteiger partial charge on any atom is 0.315 e. The molecule has 0 amide bonds. The number of carbonyl (C=O) groups is 1. The number of nitrogens with zero attached hydrogens (tertiary/aromatic N) is 1. The van der Waals surface area contributed by atoms with Gasteiger partial charge in [-0.05, 0) is 63.4 Å². The van der Waals surface area contributed by atoms with Crippen molar-refractivity contribution >= 4 is 5.97 Å². The van der Waals surface area contributed by atoms with Crippen molar-refractivity contribution in [2.75, 3.05) is 19.8 Å². The Kier molecular flexibility index (Phi) is 5.45. The Bertz CT molecular complexity index is 785. The minimum absolute atomic E-state index is 0.244. The van der Waals surface area contributed by atoms with Crippen molar-refractivity contribution in [1.29, 1.82) is 0 Å². The lowest BCUT2D eigenvalue weighted by Gasteiger charge is -2.25. The summed E-state index contributed by atoms with van der Waals surface area (Å²) in [4.78, 5) is 17.0. The highest BCUT2D eigenvalue weighted by Crippen LogP contribution is 2.35. The average Bonchev–Trinajstić information content (AvgIpc) is 2.64. The van der Waals surface area contributed by atoms with Gasteiger partial charge in [0.15, 0.2) is 11.5 Å². The Balaban J connectivity index is 1.56. The zero-order chi connectivity index (χ0) is 18.6. The van der Waals surface area contributed by atoms with Crippen LogP contribution in [0.3, 0.4) is 0 Å². The number of benzene rings is 1. The third-order valence-corrected chi connectivity index (χ3v) is 4.53. The van der Waals surface area contributed by atoms with Crippen LogP contribution >= 0.6 is 0 Å². The number of aryl methyl sites for hydroxylation is 2. The van der Waals surface area contributed by atoms with E-state index in [0.29, 0.717) is 25.6 Å². The van der Waals surface area contributed by atoms with Crippen molar-refractivity contribution < 1.29 is 19.0 Å². The molecule has 0 saturated carbocycles. The molecule has 26 heavy (non-hydrogen) atoms. The molecule has 3 rings (SSSR count). The molecule has 5 nitrogen and oxygen atoms in total. The summed E-state index contributed by atoms with van der Waals surface area (Å²) in [6.45, 7) is 7.15. The Labute approximate surface area is 154 Å². The van der Waals surface area contributed by atoms with Gasteiger partial charge in [0.25, 0.3) is 0 Å². The van der Waals surface area contributed by atoms with E-state index >= 15 is 0 Å². The number of fused-ring (bicyclic) bond motifs is 1. The second-order valence-electron chi connectivity index (χ2n) is 6.99. The van der Waals surface area contributed by atoms with Gasteiger partial charge >= 0.3 is 5.97 Å². The van der Waals surface area contributed by atoms with E-state index in [0.717, 1.165) is 35.5 Å². The van der Waals surface area contributed by atoms with Crippen LogP contribution in [-0.4, -0.2) is 30.8 Å². The standard InChI is InChI=1S/C21H25NO4/c1-15-6-4-7-17(22-15)8-5-11-26-20(23)21(2,3)16-9-10-18-19(14-16)25-13-12-24-18/h4,6-7,9-10,14H,5,8,11-13H2,1-3H3. The number of hydrogen-bond acceptors (Lipinski definition) is 5. The van der Waals surface area contributed by atoms with Crippen LogP contribution in [0.4, 0.5) is 0 Å². The average molecular weight is 355 g/mol. The third-order valence-electron chi connectivity index (χ3n) is 4.53. The van der Waals surface area contributed by atoms with Crippen LogP contribution in [0.1, 0.15) is 37.2 Å². The Hall–Kier alpha value is -2.56. The number of rotatable bonds is 6. The van der Waals surface area contributed by atoms with Crippen LogP contribution in [0.2, 0.25) is 0 Å². The van der Waals surface area contributed by atoms with E-state index in [1.807, 2.05) is 57.2 Å². The number of pyridine rings is 1. The van der Waals surface area contributed by atoms with Gasteiger partial charge < -0.3 is 14.2 Å². The van der Waals surface area contributed by atoms with Crippen molar-refractivity contribution in [2.45, 2.75) is 39.0 Å². The van der Waals surface area contributed by atoms with Crippen molar-refractivity contribution in [1.82, 2.24) is 4.98 Å². The highest BCUT2D eigenvalue weighted by molar-refractivity contribution is 5.82. The van der Waals surface area contributed by atoms with Crippen LogP contribution < -0.4 is 9.47 Å². The Morgan fingerprint density at radius 3 is 2.69 bits per heavy atom. The first kappa shape index (κ1) is 18.2. The smallest absolute Gasteiger partial charge is 0.315 e. The monoisotopic (exact) mass is 355 g/mol. The molecule has 0 spiro atoms. The molecular weight excluding hydrogens is 330 g/mol. The van der Waals surface area contributed by atoms with Crippen LogP contribution in [0.25, 0.3) is 0 Å². The minimum Gasteiger partial charge on any atom is -0.486 e. The second-order valence-corrected chi connectivity index (χ2v) is 6.99. The number of aromatic nitrogens is 1. The molecule has 0 radical (unpaired) electrons. The summed E-state index contributed by atoms with van der Waals surface area (Å²) in [6.07, 6.45) is 1.54. The molecular formula is C21H25NO4. The SMILES string of the molecule is Cc1cccc(CCCOC(=O)C(C)(C)c2ccc3c(c2)OCCO3)n1. The van der Waals surface area contributed by atoms with E-state index in [-0.39, 0.29) is 5.97 Å². The largest absolute Gasteiger partial charge is 0.486 e. The molecule has 1 aliphatic heterocycles. The summed E-state index contributed by atoms with van der Waals surface area (Å²) in [7, 11) is 0. The van der Waals surface area contributed by atoms with Crippen molar-refractivity contribution in [3.05, 3.63) is 53.3 Å². The molecule has 1 aliphatic rings. The molecule has 0 unspecified atom stereocenters. The first-order valence-corrected chi connectivity index (χ1v) is 8.97. The fourth-order valence-corrected chi connectivity index (χ4v) is 2.89. The van der Waals surface area contributed by atoms with Crippen LogP contribution in [0.5, 0.6) is 11.5 Å². The number of ether oxygens (including phenoxy) is 3. The molecule has 5 heteroatoms. The quantitative estimate of drug-likeness (QED) is 0.585. The van der Waals surface area contributed by atoms with Crippen LogP contribution in [-0.2, 0) is 21.4 Å². The lowest BCUT2D eigenvalue weighted by atomic mass is 9.84. The second kappa shape index (κ2) is 7.77. The lowest BCUT2D eigenvalue weighted by molar-refractivity contribution is -0.149. The molecule has 0 bridgehead atoms. The molecule has 0 atom stereocenters. The number of carbonyl (C=O) groups excluding carboxylic acids is 1. The van der Waals surface area contributed by atoms with Gasteiger partial charge in [0, 0.05) is 11.4 Å². The van der Waals surface area contributed by atoms with Gasteiger partial charge in [-0.3, -0.25) is 9.78 Å². The highest BCUT2D eigenvalue weighted by atomic mass is 16.6. The summed E-state index contributed by atoms with van der Waals surface area (Å²) in [5, 5.41) is 0. The first-order chi connectivity index (χ1) is 12.5. The number of esters is 1. The summed E-state index contributed by atoms with van der Waals surface area (Å²) in [5.74, 6) is 1.15. The first-order valence-electron chi connectivity index (χ1n) is 8.97. The predicted octanol–water partition coefficient (Wildman–Crippen LogP) is 3.61. The molecule has 0 saturated heterocycles. The molecule has 0 fully saturated rings. The maximum absolute atomic E-state index is 12.6. The lowest BCUT2D eigenvalue weighted by Crippen LogP contribution is -2.31. The van der Waals surface area contributed by atoms with Gasteiger partial charge in [0.2, 0.25) is 0 Å². The van der Waals surface area contributed by atoms with E-state index < -0.39 is 5.41 Å². The van der Waals surface area contributed by atoms with E-state index in [2.05, 4.69) is 4.98 Å². The molecule has 2 aromatic rings. The highest BCUT2D eigenvalue weighted by Gasteiger charge is 2.32. The van der Waals surface area contributed by atoms with Crippen LogP contribution in [0.15, 0.2) is 36.4 Å². The summed E-state index contributed by atoms with van der Waals surface area (Å²) >= 11 is 0. The normalized spacial score (nSPS) is 13.3. The van der Waals surface area contributed by atoms with E-state index in [1.54, 1.807) is 0 Å². The minimum atomic E-state index is -0.753. The van der Waals surface area contributed by atoms with E-state index in [9.17, 15) is 4.79 Å². The third kappa shape index (κ3) is 4.15. The summed E-state index contributed by atoms with van der Waals surface area (Å²) in [6, 6.07) is 11.6. The van der Waals surface area contributed by atoms with Crippen molar-refractivity contribution in [3.8, 4) is 11.5 Å². The molecule has 2 heterocycles. The molecule has 1 aromatic heterocycles. The fourth-order valence-electron chi connectivity index (χ4n) is 2.89. The zero-order valence-corrected chi connectivity index (χ0v) is 15.6. The van der Waals surface area contributed by atoms with Gasteiger partial charge in [0.1, 0.15) is 13.2 Å². The summed E-state index contributed by atoms with van der Waals surface area (Å²) < 4.78 is 16.7. The molecule has 0 aliphatic carbocycles. The van der Waals surface area contributed by atoms with E-state index in [4.69, 9.17) is 14.2 Å². The van der Waals surface area contributed by atoms with Gasteiger partial charge in [-0.1, -0.05) is 12.1 Å². The van der Waals surface area contributed by atoms with Gasteiger partial charge in [-0.2, -0.15) is 0 Å². The molecule has 138 valence electrons. The molecule has 1 aromatic carbocycles. The van der Waals surface area contributed by atoms with Crippen molar-refractivity contribution in [2.24, 2.45) is 0 Å². The van der Waals surface area contributed by atoms with Crippen LogP contribution in [0, 0.1) is 6.92 Å². The maximum atomic E-state index is 12.6. The topological polar surface area (TPSA) is 57.7 Å². The van der Waals surface area contributed by atoms with Gasteiger partial charge in [0.05, 0.1) is 12.0 Å². The van der Waals surface area contributed by atoms with Gasteiger partial charge in [-0.15, -0.1) is 0 Å². The number of hydrogen-bond donors (Lipinski definition) is 0. The van der Waals surface area contributed by atoms with Gasteiger partial charge in [-0.25, -0.2) is 0 Å². The van der Waals surface area contributed by atoms with Crippen molar-refractivity contribution in [3.63, 3.8) is 0 Å². The summed E-state index contributed by atoms with van der Waals surface area (Å²) in [5.41, 5.74) is 2.12. The molecule has 0 N–H and O–H groups in total. The Morgan fingerprint density at radius 2 is 1.92 bits per heavy atom. The zero-order valence-electron chi connectivity index (χ0n) is 15.6. The van der Waals surface area contributed by atoms with E-state index in [1.165, 1.54) is 0 Å². The fraction of sp³-hybridized carbons (Fsp3) is 0.429. The predicted molar refractivity (Wildman–Crippen MR) is 98.7 cm³/mol.